The second kappa shape index (κ2) is 7.89. The fourth-order valence-corrected chi connectivity index (χ4v) is 3.44. The summed E-state index contributed by atoms with van der Waals surface area (Å²) in [6.07, 6.45) is 7.25. The number of rotatable bonds is 6. The number of imidazole rings is 1. The second-order valence-corrected chi connectivity index (χ2v) is 6.78. The van der Waals surface area contributed by atoms with Crippen molar-refractivity contribution in [3.8, 4) is 17.1 Å². The molecule has 0 aliphatic carbocycles. The maximum atomic E-state index is 5.91. The topological polar surface area (TPSA) is 70.2 Å². The number of morpholine rings is 1. The highest BCUT2D eigenvalue weighted by Crippen LogP contribution is 2.27. The van der Waals surface area contributed by atoms with Crippen LogP contribution in [-0.4, -0.2) is 69.2 Å². The zero-order valence-corrected chi connectivity index (χ0v) is 15.7. The quantitative estimate of drug-likeness (QED) is 0.657. The maximum Gasteiger partial charge on any atom is 0.139 e. The minimum absolute atomic E-state index is 0.171. The summed E-state index contributed by atoms with van der Waals surface area (Å²) in [5.74, 6) is 1.75. The van der Waals surface area contributed by atoms with Crippen molar-refractivity contribution in [2.75, 3.05) is 33.9 Å². The molecular formula is C19H24N6O2. The minimum Gasteiger partial charge on any atom is -0.496 e. The zero-order chi connectivity index (χ0) is 18.6. The van der Waals surface area contributed by atoms with Crippen LogP contribution in [0.15, 0.2) is 43.2 Å². The molecule has 1 aliphatic rings. The highest BCUT2D eigenvalue weighted by Gasteiger charge is 2.20. The molecular weight excluding hydrogens is 344 g/mol. The van der Waals surface area contributed by atoms with E-state index in [1.54, 1.807) is 18.1 Å². The van der Waals surface area contributed by atoms with Gasteiger partial charge in [-0.2, -0.15) is 5.10 Å². The third-order valence-corrected chi connectivity index (χ3v) is 4.80. The Labute approximate surface area is 158 Å². The van der Waals surface area contributed by atoms with Crippen LogP contribution in [0.3, 0.4) is 0 Å². The Morgan fingerprint density at radius 1 is 1.33 bits per heavy atom. The van der Waals surface area contributed by atoms with E-state index < -0.39 is 0 Å². The lowest BCUT2D eigenvalue weighted by Crippen LogP contribution is -2.41. The van der Waals surface area contributed by atoms with E-state index in [9.17, 15) is 0 Å². The Morgan fingerprint density at radius 3 is 3.04 bits per heavy atom. The molecule has 8 nitrogen and oxygen atoms in total. The van der Waals surface area contributed by atoms with Gasteiger partial charge in [0.25, 0.3) is 0 Å². The van der Waals surface area contributed by atoms with Gasteiger partial charge in [-0.15, -0.1) is 0 Å². The third-order valence-electron chi connectivity index (χ3n) is 4.80. The molecule has 0 saturated carbocycles. The van der Waals surface area contributed by atoms with Crippen molar-refractivity contribution in [3.63, 3.8) is 0 Å². The molecule has 3 heterocycles. The summed E-state index contributed by atoms with van der Waals surface area (Å²) >= 11 is 0. The normalized spacial score (nSPS) is 17.9. The monoisotopic (exact) mass is 368 g/mol. The minimum atomic E-state index is 0.171. The van der Waals surface area contributed by atoms with Crippen LogP contribution in [0.1, 0.15) is 5.56 Å². The Morgan fingerprint density at radius 2 is 2.26 bits per heavy atom. The van der Waals surface area contributed by atoms with E-state index in [4.69, 9.17) is 9.47 Å². The highest BCUT2D eigenvalue weighted by molar-refractivity contribution is 5.59. The lowest BCUT2D eigenvalue weighted by Gasteiger charge is -2.30. The number of benzene rings is 1. The molecule has 8 heteroatoms. The molecule has 1 aromatic carbocycles. The lowest BCUT2D eigenvalue weighted by molar-refractivity contribution is -0.0272. The molecule has 0 radical (unpaired) electrons. The molecule has 0 bridgehead atoms. The van der Waals surface area contributed by atoms with Crippen molar-refractivity contribution in [3.05, 3.63) is 48.8 Å². The van der Waals surface area contributed by atoms with Crippen molar-refractivity contribution < 1.29 is 9.47 Å². The fourth-order valence-electron chi connectivity index (χ4n) is 3.44. The van der Waals surface area contributed by atoms with Crippen LogP contribution >= 0.6 is 0 Å². The molecule has 1 fully saturated rings. The van der Waals surface area contributed by atoms with Gasteiger partial charge in [0, 0.05) is 36.6 Å². The third kappa shape index (κ3) is 4.01. The van der Waals surface area contributed by atoms with Gasteiger partial charge < -0.3 is 18.9 Å². The Hall–Kier alpha value is -2.71. The smallest absolute Gasteiger partial charge is 0.139 e. The van der Waals surface area contributed by atoms with Crippen LogP contribution < -0.4 is 4.74 Å². The molecule has 1 atom stereocenters. The number of hydrogen-bond donors (Lipinski definition) is 0. The highest BCUT2D eigenvalue weighted by atomic mass is 16.5. The first-order chi connectivity index (χ1) is 13.2. The summed E-state index contributed by atoms with van der Waals surface area (Å²) in [4.78, 5) is 10.9. The first-order valence-corrected chi connectivity index (χ1v) is 9.04. The van der Waals surface area contributed by atoms with E-state index in [1.807, 2.05) is 24.5 Å². The van der Waals surface area contributed by atoms with E-state index in [0.717, 1.165) is 48.9 Å². The number of hydrogen-bond acceptors (Lipinski definition) is 6. The van der Waals surface area contributed by atoms with E-state index in [-0.39, 0.29) is 6.10 Å². The van der Waals surface area contributed by atoms with Gasteiger partial charge in [-0.1, -0.05) is 0 Å². The van der Waals surface area contributed by atoms with Gasteiger partial charge in [-0.05, 0) is 25.2 Å². The zero-order valence-electron chi connectivity index (χ0n) is 15.7. The largest absolute Gasteiger partial charge is 0.496 e. The Kier molecular flexibility index (Phi) is 5.17. The van der Waals surface area contributed by atoms with Crippen molar-refractivity contribution in [1.82, 2.24) is 29.2 Å². The first kappa shape index (κ1) is 17.7. The number of nitrogens with zero attached hydrogens (tertiary/aromatic N) is 6. The predicted octanol–water partition coefficient (Wildman–Crippen LogP) is 1.53. The average molecular weight is 368 g/mol. The van der Waals surface area contributed by atoms with Crippen molar-refractivity contribution in [1.29, 1.82) is 0 Å². The predicted molar refractivity (Wildman–Crippen MR) is 101 cm³/mol. The van der Waals surface area contributed by atoms with Crippen molar-refractivity contribution in [2.45, 2.75) is 19.2 Å². The molecule has 27 heavy (non-hydrogen) atoms. The van der Waals surface area contributed by atoms with Gasteiger partial charge in [-0.25, -0.2) is 14.6 Å². The summed E-state index contributed by atoms with van der Waals surface area (Å²) in [5, 5.41) is 4.19. The number of ether oxygens (including phenoxy) is 2. The molecule has 1 aliphatic heterocycles. The van der Waals surface area contributed by atoms with Crippen LogP contribution in [0.5, 0.6) is 5.75 Å². The summed E-state index contributed by atoms with van der Waals surface area (Å²) in [6.45, 7) is 4.06. The Bertz CT molecular complexity index is 876. The van der Waals surface area contributed by atoms with Crippen LogP contribution in [-0.2, 0) is 17.8 Å². The maximum absolute atomic E-state index is 5.91. The number of methoxy groups -OCH3 is 1. The van der Waals surface area contributed by atoms with Gasteiger partial charge in [-0.3, -0.25) is 0 Å². The summed E-state index contributed by atoms with van der Waals surface area (Å²) in [5.41, 5.74) is 2.07. The van der Waals surface area contributed by atoms with Gasteiger partial charge in [0.05, 0.1) is 32.9 Å². The SMILES string of the molecule is COc1ccc(-c2nccn2CC2CN(C)CCO2)cc1Cn1cncn1. The van der Waals surface area contributed by atoms with Gasteiger partial charge >= 0.3 is 0 Å². The molecule has 0 amide bonds. The molecule has 2 aromatic heterocycles. The van der Waals surface area contributed by atoms with E-state index in [1.165, 1.54) is 6.33 Å². The molecule has 1 saturated heterocycles. The molecule has 0 N–H and O–H groups in total. The second-order valence-electron chi connectivity index (χ2n) is 6.78. The van der Waals surface area contributed by atoms with Crippen LogP contribution in [0.25, 0.3) is 11.4 Å². The lowest BCUT2D eigenvalue weighted by atomic mass is 10.1. The molecule has 3 aromatic rings. The van der Waals surface area contributed by atoms with E-state index >= 15 is 0 Å². The van der Waals surface area contributed by atoms with Gasteiger partial charge in [0.15, 0.2) is 0 Å². The van der Waals surface area contributed by atoms with E-state index in [2.05, 4.69) is 37.6 Å². The standard InChI is InChI=1S/C19H24N6O2/c1-23-7-8-27-17(11-23)12-24-6-5-21-19(24)15-3-4-18(26-2)16(9-15)10-25-14-20-13-22-25/h3-6,9,13-14,17H,7-8,10-12H2,1-2H3. The van der Waals surface area contributed by atoms with E-state index in [0.29, 0.717) is 6.54 Å². The van der Waals surface area contributed by atoms with Crippen LogP contribution in [0.2, 0.25) is 0 Å². The summed E-state index contributed by atoms with van der Waals surface area (Å²) < 4.78 is 15.4. The molecule has 142 valence electrons. The molecule has 4 rings (SSSR count). The Balaban J connectivity index is 1.59. The van der Waals surface area contributed by atoms with Crippen molar-refractivity contribution in [2.24, 2.45) is 0 Å². The summed E-state index contributed by atoms with van der Waals surface area (Å²) in [6, 6.07) is 6.12. The summed E-state index contributed by atoms with van der Waals surface area (Å²) in [7, 11) is 3.81. The van der Waals surface area contributed by atoms with Crippen molar-refractivity contribution >= 4 is 0 Å². The van der Waals surface area contributed by atoms with Crippen LogP contribution in [0.4, 0.5) is 0 Å². The number of aromatic nitrogens is 5. The van der Waals surface area contributed by atoms with Gasteiger partial charge in [0.2, 0.25) is 0 Å². The molecule has 0 spiro atoms. The van der Waals surface area contributed by atoms with Crippen LogP contribution in [0, 0.1) is 0 Å². The molecule has 1 unspecified atom stereocenters. The first-order valence-electron chi connectivity index (χ1n) is 9.04. The van der Waals surface area contributed by atoms with Gasteiger partial charge in [0.1, 0.15) is 24.2 Å². The average Bonchev–Trinajstić information content (AvgIpc) is 3.34. The number of likely N-dealkylation sites (N-methyl/N-ethyl adjacent to an activating group) is 1. The fraction of sp³-hybridized carbons (Fsp3) is 0.421.